The van der Waals surface area contributed by atoms with Gasteiger partial charge in [0.25, 0.3) is 21.8 Å². The van der Waals surface area contributed by atoms with Gasteiger partial charge in [0.1, 0.15) is 0 Å². The first-order valence-electron chi connectivity index (χ1n) is 11.2. The molecule has 4 aromatic carbocycles. The molecule has 0 fully saturated rings. The van der Waals surface area contributed by atoms with E-state index >= 15 is 0 Å². The number of benzene rings is 4. The van der Waals surface area contributed by atoms with E-state index < -0.39 is 15.9 Å². The molecule has 3 N–H and O–H groups in total. The summed E-state index contributed by atoms with van der Waals surface area (Å²) in [4.78, 5) is 25.1. The van der Waals surface area contributed by atoms with Crippen LogP contribution in [-0.4, -0.2) is 20.2 Å². The topological polar surface area (TPSA) is 104 Å². The highest BCUT2D eigenvalue weighted by Gasteiger charge is 2.20. The molecule has 0 aromatic heterocycles. The van der Waals surface area contributed by atoms with Crippen molar-refractivity contribution < 1.29 is 18.0 Å². The summed E-state index contributed by atoms with van der Waals surface area (Å²) in [6, 6.07) is 27.0. The van der Waals surface area contributed by atoms with Gasteiger partial charge in [-0.1, -0.05) is 42.5 Å². The number of carbonyl (C=O) groups excluding carboxylic acids is 2. The maximum absolute atomic E-state index is 13.1. The Labute approximate surface area is 210 Å². The van der Waals surface area contributed by atoms with Crippen molar-refractivity contribution in [1.29, 1.82) is 0 Å². The number of amides is 2. The third-order valence-corrected chi connectivity index (χ3v) is 7.09. The second-order valence-electron chi connectivity index (χ2n) is 8.25. The Morgan fingerprint density at radius 3 is 1.92 bits per heavy atom. The van der Waals surface area contributed by atoms with Crippen LogP contribution in [0.25, 0.3) is 0 Å². The fourth-order valence-corrected chi connectivity index (χ4v) is 4.89. The zero-order valence-corrected chi connectivity index (χ0v) is 20.6. The van der Waals surface area contributed by atoms with Gasteiger partial charge in [0.2, 0.25) is 0 Å². The normalized spacial score (nSPS) is 10.9. The summed E-state index contributed by atoms with van der Waals surface area (Å²) < 4.78 is 28.8. The Bertz CT molecular complexity index is 1520. The van der Waals surface area contributed by atoms with Crippen molar-refractivity contribution in [2.75, 3.05) is 15.4 Å². The number of hydrogen-bond donors (Lipinski definition) is 3. The van der Waals surface area contributed by atoms with Crippen molar-refractivity contribution in [3.05, 3.63) is 119 Å². The Balaban J connectivity index is 1.49. The van der Waals surface area contributed by atoms with Gasteiger partial charge in [-0.2, -0.15) is 0 Å². The number of sulfonamides is 1. The lowest BCUT2D eigenvalue weighted by Crippen LogP contribution is -2.17. The van der Waals surface area contributed by atoms with Gasteiger partial charge >= 0.3 is 0 Å². The monoisotopic (exact) mass is 499 g/mol. The number of rotatable bonds is 7. The van der Waals surface area contributed by atoms with Gasteiger partial charge in [0, 0.05) is 28.2 Å². The molecule has 0 heterocycles. The molecule has 0 bridgehead atoms. The van der Waals surface area contributed by atoms with E-state index in [4.69, 9.17) is 0 Å². The van der Waals surface area contributed by atoms with Crippen LogP contribution < -0.4 is 15.4 Å². The molecule has 0 saturated carbocycles. The van der Waals surface area contributed by atoms with Gasteiger partial charge in [-0.25, -0.2) is 8.42 Å². The van der Waals surface area contributed by atoms with Crippen molar-refractivity contribution in [2.45, 2.75) is 18.7 Å². The molecule has 0 aliphatic rings. The fraction of sp³-hybridized carbons (Fsp3) is 0.0714. The molecular formula is C28H25N3O4S. The van der Waals surface area contributed by atoms with Gasteiger partial charge in [-0.3, -0.25) is 14.3 Å². The minimum Gasteiger partial charge on any atom is -0.322 e. The first kappa shape index (κ1) is 24.7. The molecule has 182 valence electrons. The summed E-state index contributed by atoms with van der Waals surface area (Å²) in [5, 5.41) is 5.59. The number of carbonyl (C=O) groups is 2. The average molecular weight is 500 g/mol. The first-order chi connectivity index (χ1) is 17.2. The molecule has 4 aromatic rings. The molecule has 36 heavy (non-hydrogen) atoms. The van der Waals surface area contributed by atoms with E-state index in [0.717, 1.165) is 5.56 Å². The quantitative estimate of drug-likeness (QED) is 0.307. The number of aryl methyl sites for hydroxylation is 2. The lowest BCUT2D eigenvalue weighted by atomic mass is 10.1. The Hall–Kier alpha value is -4.43. The molecule has 0 atom stereocenters. The standard InChI is InChI=1S/C28H25N3O4S/c1-19-8-6-7-11-25(19)30-28(33)22-13-12-20(2)26(18-22)36(34,35)31-24-16-14-23(15-17-24)29-27(32)21-9-4-3-5-10-21/h3-18,31H,1-2H3,(H,29,32)(H,30,33). The van der Waals surface area contributed by atoms with Crippen LogP contribution in [0.5, 0.6) is 0 Å². The summed E-state index contributed by atoms with van der Waals surface area (Å²) >= 11 is 0. The molecule has 4 rings (SSSR count). The molecule has 2 amide bonds. The zero-order chi connectivity index (χ0) is 25.7. The van der Waals surface area contributed by atoms with Gasteiger partial charge in [0.15, 0.2) is 0 Å². The van der Waals surface area contributed by atoms with E-state index in [0.29, 0.717) is 28.2 Å². The van der Waals surface area contributed by atoms with Crippen LogP contribution in [0.3, 0.4) is 0 Å². The SMILES string of the molecule is Cc1ccccc1NC(=O)c1ccc(C)c(S(=O)(=O)Nc2ccc(NC(=O)c3ccccc3)cc2)c1. The predicted octanol–water partition coefficient (Wildman–Crippen LogP) is 5.61. The lowest BCUT2D eigenvalue weighted by Gasteiger charge is -2.13. The van der Waals surface area contributed by atoms with Crippen LogP contribution in [0.2, 0.25) is 0 Å². The highest BCUT2D eigenvalue weighted by molar-refractivity contribution is 7.92. The molecule has 0 aliphatic carbocycles. The minimum atomic E-state index is -3.98. The summed E-state index contributed by atoms with van der Waals surface area (Å²) in [5.74, 6) is -0.667. The summed E-state index contributed by atoms with van der Waals surface area (Å²) in [6.07, 6.45) is 0. The third kappa shape index (κ3) is 5.79. The number of nitrogens with one attached hydrogen (secondary N) is 3. The van der Waals surface area contributed by atoms with Crippen molar-refractivity contribution >= 4 is 38.9 Å². The summed E-state index contributed by atoms with van der Waals surface area (Å²) in [7, 11) is -3.98. The fourth-order valence-electron chi connectivity index (χ4n) is 3.56. The predicted molar refractivity (Wildman–Crippen MR) is 142 cm³/mol. The Morgan fingerprint density at radius 2 is 1.22 bits per heavy atom. The molecule has 0 saturated heterocycles. The second-order valence-corrected chi connectivity index (χ2v) is 9.90. The number of para-hydroxylation sites is 1. The van der Waals surface area contributed by atoms with Crippen LogP contribution >= 0.6 is 0 Å². The maximum atomic E-state index is 13.1. The van der Waals surface area contributed by atoms with Gasteiger partial charge in [-0.15, -0.1) is 0 Å². The minimum absolute atomic E-state index is 0.00129. The van der Waals surface area contributed by atoms with E-state index in [1.165, 1.54) is 6.07 Å². The van der Waals surface area contributed by atoms with Gasteiger partial charge < -0.3 is 10.6 Å². The van der Waals surface area contributed by atoms with E-state index in [9.17, 15) is 18.0 Å². The average Bonchev–Trinajstić information content (AvgIpc) is 2.87. The Morgan fingerprint density at radius 1 is 0.611 bits per heavy atom. The smallest absolute Gasteiger partial charge is 0.262 e. The zero-order valence-electron chi connectivity index (χ0n) is 19.8. The van der Waals surface area contributed by atoms with Crippen molar-refractivity contribution in [3.63, 3.8) is 0 Å². The van der Waals surface area contributed by atoms with Crippen LogP contribution in [0.4, 0.5) is 17.1 Å². The van der Waals surface area contributed by atoms with Crippen LogP contribution in [0, 0.1) is 13.8 Å². The Kier molecular flexibility index (Phi) is 7.17. The largest absolute Gasteiger partial charge is 0.322 e. The number of hydrogen-bond acceptors (Lipinski definition) is 4. The third-order valence-electron chi connectivity index (χ3n) is 5.56. The number of anilines is 3. The van der Waals surface area contributed by atoms with E-state index in [-0.39, 0.29) is 16.4 Å². The summed E-state index contributed by atoms with van der Waals surface area (Å²) in [6.45, 7) is 3.54. The summed E-state index contributed by atoms with van der Waals surface area (Å²) in [5.41, 5.74) is 3.65. The lowest BCUT2D eigenvalue weighted by molar-refractivity contribution is 0.101. The van der Waals surface area contributed by atoms with Gasteiger partial charge in [0.05, 0.1) is 4.90 Å². The molecule has 8 heteroatoms. The van der Waals surface area contributed by atoms with Crippen LogP contribution in [0.1, 0.15) is 31.8 Å². The molecule has 0 unspecified atom stereocenters. The molecule has 0 aliphatic heterocycles. The van der Waals surface area contributed by atoms with Crippen LogP contribution in [-0.2, 0) is 10.0 Å². The van der Waals surface area contributed by atoms with Crippen LogP contribution in [0.15, 0.2) is 102 Å². The van der Waals surface area contributed by atoms with E-state index in [2.05, 4.69) is 15.4 Å². The van der Waals surface area contributed by atoms with Crippen molar-refractivity contribution in [2.24, 2.45) is 0 Å². The molecular weight excluding hydrogens is 474 g/mol. The van der Waals surface area contributed by atoms with E-state index in [1.54, 1.807) is 73.7 Å². The highest BCUT2D eigenvalue weighted by Crippen LogP contribution is 2.23. The van der Waals surface area contributed by atoms with E-state index in [1.807, 2.05) is 31.2 Å². The second kappa shape index (κ2) is 10.5. The molecule has 0 radical (unpaired) electrons. The van der Waals surface area contributed by atoms with Gasteiger partial charge in [-0.05, 0) is 79.6 Å². The molecule has 0 spiro atoms. The maximum Gasteiger partial charge on any atom is 0.262 e. The molecule has 7 nitrogen and oxygen atoms in total. The first-order valence-corrected chi connectivity index (χ1v) is 12.7. The highest BCUT2D eigenvalue weighted by atomic mass is 32.2. The van der Waals surface area contributed by atoms with Crippen molar-refractivity contribution in [1.82, 2.24) is 0 Å². The van der Waals surface area contributed by atoms with Crippen molar-refractivity contribution in [3.8, 4) is 0 Å².